The summed E-state index contributed by atoms with van der Waals surface area (Å²) in [6.45, 7) is 4.02. The third-order valence-electron chi connectivity index (χ3n) is 4.62. The van der Waals surface area contributed by atoms with Crippen LogP contribution in [-0.2, 0) is 23.3 Å². The molecule has 146 valence electrons. The van der Waals surface area contributed by atoms with E-state index in [2.05, 4.69) is 16.5 Å². The molecule has 0 atom stereocenters. The lowest BCUT2D eigenvalue weighted by Crippen LogP contribution is -2.47. The van der Waals surface area contributed by atoms with Crippen molar-refractivity contribution in [2.45, 2.75) is 13.1 Å². The highest BCUT2D eigenvalue weighted by Crippen LogP contribution is 2.43. The minimum atomic E-state index is -3.85. The summed E-state index contributed by atoms with van der Waals surface area (Å²) in [6.07, 6.45) is 4.62. The quantitative estimate of drug-likeness (QED) is 0.611. The van der Waals surface area contributed by atoms with Gasteiger partial charge < -0.3 is 9.97 Å². The van der Waals surface area contributed by atoms with Crippen molar-refractivity contribution in [2.24, 2.45) is 0 Å². The maximum Gasteiger partial charge on any atom is 0.305 e. The van der Waals surface area contributed by atoms with Crippen molar-refractivity contribution < 1.29 is 8.42 Å². The number of fused-ring (bicyclic) bond motifs is 3. The molecule has 0 saturated carbocycles. The van der Waals surface area contributed by atoms with Crippen molar-refractivity contribution in [3.63, 3.8) is 0 Å². The highest BCUT2D eigenvalue weighted by atomic mass is 35.5. The summed E-state index contributed by atoms with van der Waals surface area (Å²) in [5.74, 6) is 0. The second-order valence-corrected chi connectivity index (χ2v) is 9.08. The Hall–Kier alpha value is -2.26. The van der Waals surface area contributed by atoms with Gasteiger partial charge in [-0.1, -0.05) is 35.3 Å². The van der Waals surface area contributed by atoms with E-state index in [4.69, 9.17) is 23.2 Å². The van der Waals surface area contributed by atoms with E-state index in [0.29, 0.717) is 32.2 Å². The molecule has 1 aliphatic heterocycles. The summed E-state index contributed by atoms with van der Waals surface area (Å²) in [5.41, 5.74) is 2.25. The summed E-state index contributed by atoms with van der Waals surface area (Å²) in [7, 11) is -3.85. The van der Waals surface area contributed by atoms with Gasteiger partial charge in [0, 0.05) is 36.9 Å². The summed E-state index contributed by atoms with van der Waals surface area (Å²) >= 11 is 12.6. The van der Waals surface area contributed by atoms with Crippen LogP contribution in [0.3, 0.4) is 0 Å². The van der Waals surface area contributed by atoms with Gasteiger partial charge >= 0.3 is 10.2 Å². The number of benzene rings is 1. The zero-order chi connectivity index (χ0) is 20.1. The Balaban J connectivity index is 1.87. The number of anilines is 1. The van der Waals surface area contributed by atoms with Crippen LogP contribution in [0.2, 0.25) is 10.0 Å². The molecule has 1 aliphatic rings. The van der Waals surface area contributed by atoms with Gasteiger partial charge in [-0.15, -0.1) is 6.58 Å². The molecule has 2 N–H and O–H groups in total. The molecule has 0 aliphatic carbocycles. The van der Waals surface area contributed by atoms with E-state index in [0.717, 1.165) is 5.56 Å². The number of nitrogens with zero attached hydrogens (tertiary/aromatic N) is 2. The first-order valence-corrected chi connectivity index (χ1v) is 10.5. The smallest absolute Gasteiger partial charge is 0.305 e. The summed E-state index contributed by atoms with van der Waals surface area (Å²) in [6, 6.07) is 4.70. The largest absolute Gasteiger partial charge is 0.358 e. The Morgan fingerprint density at radius 1 is 1.18 bits per heavy atom. The molecule has 2 aromatic heterocycles. The second-order valence-electron chi connectivity index (χ2n) is 6.41. The Kier molecular flexibility index (Phi) is 4.75. The fourth-order valence-electron chi connectivity index (χ4n) is 3.39. The predicted octanol–water partition coefficient (Wildman–Crippen LogP) is 3.42. The Labute approximate surface area is 171 Å². The molecule has 4 rings (SSSR count). The third-order valence-corrected chi connectivity index (χ3v) is 7.01. The average molecular weight is 439 g/mol. The lowest BCUT2D eigenvalue weighted by atomic mass is 10.1. The molecule has 1 aromatic carbocycles. The maximum absolute atomic E-state index is 13.3. The minimum absolute atomic E-state index is 0.0881. The first kappa shape index (κ1) is 19.1. The lowest BCUT2D eigenvalue weighted by molar-refractivity contribution is 0.392. The van der Waals surface area contributed by atoms with Gasteiger partial charge in [0.25, 0.3) is 0 Å². The maximum atomic E-state index is 13.3. The molecule has 0 unspecified atom stereocenters. The lowest BCUT2D eigenvalue weighted by Gasteiger charge is -2.37. The molecule has 0 spiro atoms. The highest BCUT2D eigenvalue weighted by molar-refractivity contribution is 7.90. The number of rotatable bonds is 4. The molecule has 3 heterocycles. The van der Waals surface area contributed by atoms with E-state index in [1.165, 1.54) is 26.9 Å². The van der Waals surface area contributed by atoms with Gasteiger partial charge in [-0.3, -0.25) is 9.10 Å². The van der Waals surface area contributed by atoms with Gasteiger partial charge in [-0.2, -0.15) is 12.7 Å². The van der Waals surface area contributed by atoms with Crippen LogP contribution < -0.4 is 9.86 Å². The zero-order valence-electron chi connectivity index (χ0n) is 14.6. The number of halogens is 2. The van der Waals surface area contributed by atoms with Gasteiger partial charge in [0.1, 0.15) is 0 Å². The number of aromatic amines is 2. The highest BCUT2D eigenvalue weighted by Gasteiger charge is 2.38. The molecule has 10 heteroatoms. The topological polar surface area (TPSA) is 89.3 Å². The van der Waals surface area contributed by atoms with Crippen LogP contribution in [0, 0.1) is 0 Å². The van der Waals surface area contributed by atoms with Crippen LogP contribution >= 0.6 is 23.2 Å². The fraction of sp³-hybridized carbons (Fsp3) is 0.167. The zero-order valence-corrected chi connectivity index (χ0v) is 16.9. The van der Waals surface area contributed by atoms with Crippen LogP contribution in [0.1, 0.15) is 11.1 Å². The van der Waals surface area contributed by atoms with Gasteiger partial charge in [-0.05, 0) is 17.2 Å². The van der Waals surface area contributed by atoms with Crippen molar-refractivity contribution in [2.75, 3.05) is 10.8 Å². The predicted molar refractivity (Wildman–Crippen MR) is 111 cm³/mol. The standard InChI is InChI=1S/C18H16Cl2N4O3S/c1-2-5-24-18-12(6-13(19)16-14(20)8-22-17(16)18)10-23(28(24,26)27)9-11-3-4-15(25)21-7-11/h2-4,6-8,22H,1,5,9-10H2,(H,21,25). The molecule has 0 bridgehead atoms. The number of nitrogens with one attached hydrogen (secondary N) is 2. The molecule has 3 aromatic rings. The van der Waals surface area contributed by atoms with Crippen LogP contribution in [0.25, 0.3) is 10.9 Å². The molecule has 28 heavy (non-hydrogen) atoms. The number of hydrogen-bond donors (Lipinski definition) is 2. The third kappa shape index (κ3) is 3.02. The van der Waals surface area contributed by atoms with E-state index < -0.39 is 10.2 Å². The first-order valence-electron chi connectivity index (χ1n) is 8.37. The van der Waals surface area contributed by atoms with Crippen molar-refractivity contribution in [1.82, 2.24) is 14.3 Å². The summed E-state index contributed by atoms with van der Waals surface area (Å²) in [5, 5.41) is 1.46. The van der Waals surface area contributed by atoms with E-state index in [1.807, 2.05) is 0 Å². The van der Waals surface area contributed by atoms with Crippen LogP contribution in [0.15, 0.2) is 48.0 Å². The molecule has 7 nitrogen and oxygen atoms in total. The number of H-pyrrole nitrogens is 2. The fourth-order valence-corrected chi connectivity index (χ4v) is 5.64. The van der Waals surface area contributed by atoms with Gasteiger partial charge in [0.05, 0.1) is 27.8 Å². The number of pyridine rings is 1. The molecule has 0 fully saturated rings. The van der Waals surface area contributed by atoms with Crippen molar-refractivity contribution in [3.05, 3.63) is 74.8 Å². The number of hydrogen-bond acceptors (Lipinski definition) is 3. The van der Waals surface area contributed by atoms with Crippen LogP contribution in [0.4, 0.5) is 5.69 Å². The molecular weight excluding hydrogens is 423 g/mol. The Morgan fingerprint density at radius 2 is 1.96 bits per heavy atom. The van der Waals surface area contributed by atoms with Gasteiger partial charge in [0.15, 0.2) is 0 Å². The monoisotopic (exact) mass is 438 g/mol. The first-order chi connectivity index (χ1) is 13.3. The summed E-state index contributed by atoms with van der Waals surface area (Å²) in [4.78, 5) is 16.9. The van der Waals surface area contributed by atoms with E-state index in [9.17, 15) is 13.2 Å². The van der Waals surface area contributed by atoms with Crippen molar-refractivity contribution in [1.29, 1.82) is 0 Å². The molecule has 0 amide bonds. The molecule has 0 saturated heterocycles. The normalized spacial score (nSPS) is 16.3. The number of aromatic nitrogens is 2. The summed E-state index contributed by atoms with van der Waals surface area (Å²) < 4.78 is 29.3. The van der Waals surface area contributed by atoms with E-state index >= 15 is 0 Å². The molecular formula is C18H16Cl2N4O3S. The van der Waals surface area contributed by atoms with Crippen molar-refractivity contribution >= 4 is 50.0 Å². The Morgan fingerprint density at radius 3 is 2.64 bits per heavy atom. The van der Waals surface area contributed by atoms with E-state index in [-0.39, 0.29) is 25.2 Å². The Bertz CT molecular complexity index is 1230. The molecule has 0 radical (unpaired) electrons. The van der Waals surface area contributed by atoms with Crippen molar-refractivity contribution in [3.8, 4) is 0 Å². The van der Waals surface area contributed by atoms with Crippen LogP contribution in [0.5, 0.6) is 0 Å². The SMILES string of the molecule is C=CCN1c2c(cc(Cl)c3c(Cl)c[nH]c23)CN(Cc2ccc(=O)[nH]c2)S1(=O)=O. The minimum Gasteiger partial charge on any atom is -0.358 e. The second kappa shape index (κ2) is 6.97. The van der Waals surface area contributed by atoms with E-state index in [1.54, 1.807) is 18.3 Å². The van der Waals surface area contributed by atoms with Gasteiger partial charge in [0.2, 0.25) is 5.56 Å². The van der Waals surface area contributed by atoms with Crippen LogP contribution in [-0.4, -0.2) is 29.2 Å². The van der Waals surface area contributed by atoms with Gasteiger partial charge in [-0.25, -0.2) is 0 Å². The average Bonchev–Trinajstić information content (AvgIpc) is 3.03.